The molecule has 0 bridgehead atoms. The molecule has 0 aliphatic heterocycles. The summed E-state index contributed by atoms with van der Waals surface area (Å²) in [6.45, 7) is 3.00. The van der Waals surface area contributed by atoms with Gasteiger partial charge in [0.1, 0.15) is 5.82 Å². The Morgan fingerprint density at radius 3 is 2.87 bits per heavy atom. The van der Waals surface area contributed by atoms with E-state index < -0.39 is 0 Å². The van der Waals surface area contributed by atoms with Crippen LogP contribution >= 0.6 is 0 Å². The first-order chi connectivity index (χ1) is 7.27. The van der Waals surface area contributed by atoms with Crippen LogP contribution in [-0.2, 0) is 0 Å². The molecule has 1 unspecified atom stereocenters. The Morgan fingerprint density at radius 1 is 1.47 bits per heavy atom. The van der Waals surface area contributed by atoms with Gasteiger partial charge >= 0.3 is 0 Å². The molecule has 0 radical (unpaired) electrons. The smallest absolute Gasteiger partial charge is 0.123 e. The van der Waals surface area contributed by atoms with E-state index in [2.05, 4.69) is 12.2 Å². The van der Waals surface area contributed by atoms with Crippen molar-refractivity contribution < 1.29 is 9.50 Å². The second kappa shape index (κ2) is 6.53. The summed E-state index contributed by atoms with van der Waals surface area (Å²) in [6.07, 6.45) is 1.64. The fraction of sp³-hybridized carbons (Fsp3) is 0.500. The minimum absolute atomic E-state index is 0.173. The molecule has 0 amide bonds. The van der Waals surface area contributed by atoms with Gasteiger partial charge in [-0.2, -0.15) is 0 Å². The normalized spacial score (nSPS) is 12.7. The molecule has 0 saturated carbocycles. The summed E-state index contributed by atoms with van der Waals surface area (Å²) in [5.41, 5.74) is 0.968. The average Bonchev–Trinajstić information content (AvgIpc) is 2.24. The van der Waals surface area contributed by atoms with E-state index in [9.17, 15) is 4.39 Å². The van der Waals surface area contributed by atoms with E-state index in [1.807, 2.05) is 6.07 Å². The van der Waals surface area contributed by atoms with Crippen molar-refractivity contribution in [1.29, 1.82) is 0 Å². The monoisotopic (exact) mass is 211 g/mol. The number of benzene rings is 1. The van der Waals surface area contributed by atoms with Gasteiger partial charge in [0.15, 0.2) is 0 Å². The van der Waals surface area contributed by atoms with Crippen LogP contribution < -0.4 is 5.32 Å². The zero-order valence-electron chi connectivity index (χ0n) is 9.04. The second-order valence-electron chi connectivity index (χ2n) is 3.55. The van der Waals surface area contributed by atoms with E-state index >= 15 is 0 Å². The zero-order valence-corrected chi connectivity index (χ0v) is 9.04. The van der Waals surface area contributed by atoms with Crippen molar-refractivity contribution in [3.8, 4) is 0 Å². The quantitative estimate of drug-likeness (QED) is 0.707. The van der Waals surface area contributed by atoms with Crippen LogP contribution in [0.25, 0.3) is 0 Å². The third kappa shape index (κ3) is 3.98. The lowest BCUT2D eigenvalue weighted by Gasteiger charge is -2.17. The molecule has 3 heteroatoms. The predicted molar refractivity (Wildman–Crippen MR) is 59.1 cm³/mol. The number of rotatable bonds is 6. The van der Waals surface area contributed by atoms with Crippen LogP contribution in [0.15, 0.2) is 24.3 Å². The molecule has 2 nitrogen and oxygen atoms in total. The summed E-state index contributed by atoms with van der Waals surface area (Å²) < 4.78 is 13.0. The third-order valence-electron chi connectivity index (χ3n) is 2.38. The lowest BCUT2D eigenvalue weighted by molar-refractivity contribution is 0.283. The molecule has 0 aliphatic rings. The van der Waals surface area contributed by atoms with Crippen LogP contribution in [-0.4, -0.2) is 18.3 Å². The predicted octanol–water partition coefficient (Wildman–Crippen LogP) is 2.25. The first-order valence-corrected chi connectivity index (χ1v) is 5.37. The van der Waals surface area contributed by atoms with Crippen molar-refractivity contribution in [3.05, 3.63) is 35.6 Å². The topological polar surface area (TPSA) is 32.3 Å². The second-order valence-corrected chi connectivity index (χ2v) is 3.55. The summed E-state index contributed by atoms with van der Waals surface area (Å²) >= 11 is 0. The van der Waals surface area contributed by atoms with Gasteiger partial charge in [-0.3, -0.25) is 0 Å². The van der Waals surface area contributed by atoms with Crippen molar-refractivity contribution in [2.75, 3.05) is 13.2 Å². The minimum Gasteiger partial charge on any atom is -0.396 e. The SMILES string of the molecule is CCC(NCCCO)c1cccc(F)c1. The summed E-state index contributed by atoms with van der Waals surface area (Å²) in [5.74, 6) is -0.199. The van der Waals surface area contributed by atoms with Crippen LogP contribution in [0, 0.1) is 5.82 Å². The molecule has 15 heavy (non-hydrogen) atoms. The maximum atomic E-state index is 13.0. The molecule has 1 aromatic rings. The van der Waals surface area contributed by atoms with Crippen molar-refractivity contribution in [3.63, 3.8) is 0 Å². The molecule has 84 valence electrons. The van der Waals surface area contributed by atoms with Gasteiger partial charge in [-0.05, 0) is 37.1 Å². The van der Waals surface area contributed by atoms with Crippen LogP contribution in [0.5, 0.6) is 0 Å². The Kier molecular flexibility index (Phi) is 5.29. The Morgan fingerprint density at radius 2 is 2.27 bits per heavy atom. The molecule has 0 aliphatic carbocycles. The van der Waals surface area contributed by atoms with Crippen LogP contribution in [0.1, 0.15) is 31.4 Å². The highest BCUT2D eigenvalue weighted by Gasteiger charge is 2.08. The summed E-state index contributed by atoms with van der Waals surface area (Å²) in [4.78, 5) is 0. The molecule has 0 fully saturated rings. The van der Waals surface area contributed by atoms with Crippen LogP contribution in [0.2, 0.25) is 0 Å². The number of hydrogen-bond donors (Lipinski definition) is 2. The Labute approximate surface area is 90.1 Å². The highest BCUT2D eigenvalue weighted by molar-refractivity contribution is 5.19. The van der Waals surface area contributed by atoms with E-state index in [0.29, 0.717) is 0 Å². The number of hydrogen-bond acceptors (Lipinski definition) is 2. The van der Waals surface area contributed by atoms with Crippen molar-refractivity contribution >= 4 is 0 Å². The van der Waals surface area contributed by atoms with Gasteiger partial charge < -0.3 is 10.4 Å². The molecule has 2 N–H and O–H groups in total. The van der Waals surface area contributed by atoms with Gasteiger partial charge in [-0.25, -0.2) is 4.39 Å². The van der Waals surface area contributed by atoms with Gasteiger partial charge in [-0.15, -0.1) is 0 Å². The fourth-order valence-electron chi connectivity index (χ4n) is 1.58. The fourth-order valence-corrected chi connectivity index (χ4v) is 1.58. The molecule has 1 aromatic carbocycles. The molecule has 0 saturated heterocycles. The number of halogens is 1. The first kappa shape index (κ1) is 12.1. The van der Waals surface area contributed by atoms with E-state index in [1.54, 1.807) is 12.1 Å². The number of aliphatic hydroxyl groups is 1. The molecule has 1 rings (SSSR count). The Hall–Kier alpha value is -0.930. The van der Waals surface area contributed by atoms with Gasteiger partial charge in [0.25, 0.3) is 0 Å². The summed E-state index contributed by atoms with van der Waals surface area (Å²) in [7, 11) is 0. The van der Waals surface area contributed by atoms with Gasteiger partial charge in [0.2, 0.25) is 0 Å². The van der Waals surface area contributed by atoms with Gasteiger partial charge in [0, 0.05) is 12.6 Å². The third-order valence-corrected chi connectivity index (χ3v) is 2.38. The lowest BCUT2D eigenvalue weighted by atomic mass is 10.0. The highest BCUT2D eigenvalue weighted by atomic mass is 19.1. The standard InChI is InChI=1S/C12H18FNO/c1-2-12(14-7-4-8-15)10-5-3-6-11(13)9-10/h3,5-6,9,12,14-15H,2,4,7-8H2,1H3. The van der Waals surface area contributed by atoms with Crippen LogP contribution in [0.4, 0.5) is 4.39 Å². The van der Waals surface area contributed by atoms with Crippen LogP contribution in [0.3, 0.4) is 0 Å². The summed E-state index contributed by atoms with van der Waals surface area (Å²) in [6, 6.07) is 6.82. The van der Waals surface area contributed by atoms with E-state index in [4.69, 9.17) is 5.11 Å². The molecule has 0 spiro atoms. The maximum Gasteiger partial charge on any atom is 0.123 e. The van der Waals surface area contributed by atoms with Crippen molar-refractivity contribution in [1.82, 2.24) is 5.32 Å². The zero-order chi connectivity index (χ0) is 11.1. The first-order valence-electron chi connectivity index (χ1n) is 5.37. The molecule has 0 heterocycles. The minimum atomic E-state index is -0.199. The van der Waals surface area contributed by atoms with E-state index in [0.717, 1.165) is 24.9 Å². The van der Waals surface area contributed by atoms with E-state index in [1.165, 1.54) is 6.07 Å². The van der Waals surface area contributed by atoms with Crippen molar-refractivity contribution in [2.45, 2.75) is 25.8 Å². The number of aliphatic hydroxyl groups excluding tert-OH is 1. The number of nitrogens with one attached hydrogen (secondary N) is 1. The van der Waals surface area contributed by atoms with E-state index in [-0.39, 0.29) is 18.5 Å². The average molecular weight is 211 g/mol. The maximum absolute atomic E-state index is 13.0. The summed E-state index contributed by atoms with van der Waals surface area (Å²) in [5, 5.41) is 12.0. The molecular formula is C12H18FNO. The molecule has 0 aromatic heterocycles. The lowest BCUT2D eigenvalue weighted by Crippen LogP contribution is -2.22. The van der Waals surface area contributed by atoms with Crippen molar-refractivity contribution in [2.24, 2.45) is 0 Å². The highest BCUT2D eigenvalue weighted by Crippen LogP contribution is 2.17. The molecular weight excluding hydrogens is 193 g/mol. The van der Waals surface area contributed by atoms with Gasteiger partial charge in [-0.1, -0.05) is 19.1 Å². The Balaban J connectivity index is 2.57. The van der Waals surface area contributed by atoms with Gasteiger partial charge in [0.05, 0.1) is 0 Å². The Bertz CT molecular complexity index is 291. The largest absolute Gasteiger partial charge is 0.396 e. The molecule has 1 atom stereocenters.